The standard InChI is InChI=1S/C9H10O5/c10-3-1-2-9(14-3)7-5(12-7)4(11)6-8(9)13-6/h3,5-8,10H,1-2H2. The average molecular weight is 198 g/mol. The monoisotopic (exact) mass is 198 g/mol. The van der Waals surface area contributed by atoms with Crippen LogP contribution in [-0.4, -0.2) is 47.2 Å². The number of carbonyl (C=O) groups excluding carboxylic acids is 1. The predicted octanol–water partition coefficient (Wildman–Crippen LogP) is -1.03. The van der Waals surface area contributed by atoms with Crippen molar-refractivity contribution in [2.24, 2.45) is 0 Å². The Balaban J connectivity index is 1.72. The highest BCUT2D eigenvalue weighted by molar-refractivity contribution is 5.94. The number of epoxide rings is 2. The molecule has 1 N–H and O–H groups in total. The maximum Gasteiger partial charge on any atom is 0.195 e. The third-order valence-electron chi connectivity index (χ3n) is 3.64. The molecule has 1 spiro atoms. The topological polar surface area (TPSA) is 71.6 Å². The molecule has 76 valence electrons. The molecular formula is C9H10O5. The molecule has 1 saturated carbocycles. The molecule has 3 aliphatic heterocycles. The van der Waals surface area contributed by atoms with Gasteiger partial charge < -0.3 is 19.3 Å². The summed E-state index contributed by atoms with van der Waals surface area (Å²) in [5, 5.41) is 9.37. The van der Waals surface area contributed by atoms with Crippen LogP contribution in [0.25, 0.3) is 0 Å². The van der Waals surface area contributed by atoms with Crippen LogP contribution in [0, 0.1) is 0 Å². The van der Waals surface area contributed by atoms with Gasteiger partial charge in [0.05, 0.1) is 0 Å². The minimum absolute atomic E-state index is 0.0515. The zero-order valence-electron chi connectivity index (χ0n) is 7.38. The van der Waals surface area contributed by atoms with Crippen LogP contribution in [-0.2, 0) is 19.0 Å². The fraction of sp³-hybridized carbons (Fsp3) is 0.889. The lowest BCUT2D eigenvalue weighted by Crippen LogP contribution is -2.48. The molecule has 5 nitrogen and oxygen atoms in total. The Morgan fingerprint density at radius 1 is 1.29 bits per heavy atom. The van der Waals surface area contributed by atoms with E-state index in [1.54, 1.807) is 0 Å². The summed E-state index contributed by atoms with van der Waals surface area (Å²) < 4.78 is 16.1. The van der Waals surface area contributed by atoms with Gasteiger partial charge in [-0.2, -0.15) is 0 Å². The van der Waals surface area contributed by atoms with Gasteiger partial charge in [0.15, 0.2) is 12.1 Å². The van der Waals surface area contributed by atoms with Crippen LogP contribution in [0.5, 0.6) is 0 Å². The van der Waals surface area contributed by atoms with Gasteiger partial charge in [0.25, 0.3) is 0 Å². The average Bonchev–Trinajstić information content (AvgIpc) is 3.03. The summed E-state index contributed by atoms with van der Waals surface area (Å²) in [5.74, 6) is 0.0515. The van der Waals surface area contributed by atoms with E-state index in [0.717, 1.165) is 6.42 Å². The van der Waals surface area contributed by atoms with E-state index in [9.17, 15) is 9.90 Å². The van der Waals surface area contributed by atoms with Crippen molar-refractivity contribution in [2.75, 3.05) is 0 Å². The number of ether oxygens (including phenoxy) is 3. The second kappa shape index (κ2) is 2.04. The molecule has 0 radical (unpaired) electrons. The van der Waals surface area contributed by atoms with E-state index in [4.69, 9.17) is 14.2 Å². The maximum absolute atomic E-state index is 11.5. The van der Waals surface area contributed by atoms with Crippen LogP contribution in [0.4, 0.5) is 0 Å². The first-order chi connectivity index (χ1) is 6.72. The number of aliphatic hydroxyl groups excluding tert-OH is 1. The molecular weight excluding hydrogens is 188 g/mol. The number of hydrogen-bond acceptors (Lipinski definition) is 5. The van der Waals surface area contributed by atoms with Crippen LogP contribution in [0.1, 0.15) is 12.8 Å². The predicted molar refractivity (Wildman–Crippen MR) is 41.4 cm³/mol. The van der Waals surface area contributed by atoms with E-state index in [1.165, 1.54) is 0 Å². The summed E-state index contributed by atoms with van der Waals surface area (Å²) in [6.07, 6.45) is -0.394. The van der Waals surface area contributed by atoms with Crippen LogP contribution in [0.2, 0.25) is 0 Å². The summed E-state index contributed by atoms with van der Waals surface area (Å²) in [7, 11) is 0. The summed E-state index contributed by atoms with van der Waals surface area (Å²) in [4.78, 5) is 11.5. The Hall–Kier alpha value is -0.490. The number of aliphatic hydroxyl groups is 1. The quantitative estimate of drug-likeness (QED) is 0.504. The molecule has 4 fully saturated rings. The van der Waals surface area contributed by atoms with Gasteiger partial charge in [0, 0.05) is 6.42 Å². The van der Waals surface area contributed by atoms with Gasteiger partial charge in [-0.3, -0.25) is 4.79 Å². The van der Waals surface area contributed by atoms with Gasteiger partial charge in [-0.1, -0.05) is 0 Å². The fourth-order valence-electron chi connectivity index (χ4n) is 2.86. The second-order valence-corrected chi connectivity index (χ2v) is 4.42. The summed E-state index contributed by atoms with van der Waals surface area (Å²) in [6.45, 7) is 0. The SMILES string of the molecule is O=C1C2OC2C2(CCC(O)O2)C2OC12. The van der Waals surface area contributed by atoms with E-state index in [0.29, 0.717) is 6.42 Å². The van der Waals surface area contributed by atoms with Crippen molar-refractivity contribution in [2.45, 2.75) is 49.1 Å². The molecule has 4 rings (SSSR count). The third kappa shape index (κ3) is 0.704. The molecule has 3 heterocycles. The van der Waals surface area contributed by atoms with E-state index < -0.39 is 11.9 Å². The van der Waals surface area contributed by atoms with Crippen molar-refractivity contribution in [1.82, 2.24) is 0 Å². The van der Waals surface area contributed by atoms with E-state index in [1.807, 2.05) is 0 Å². The Labute approximate surface area is 79.9 Å². The molecule has 5 heteroatoms. The van der Waals surface area contributed by atoms with E-state index in [-0.39, 0.29) is 30.2 Å². The van der Waals surface area contributed by atoms with Crippen LogP contribution < -0.4 is 0 Å². The van der Waals surface area contributed by atoms with Gasteiger partial charge >= 0.3 is 0 Å². The molecule has 14 heavy (non-hydrogen) atoms. The number of fused-ring (bicyclic) bond motifs is 4. The molecule has 0 aromatic heterocycles. The zero-order chi connectivity index (χ0) is 9.50. The third-order valence-corrected chi connectivity index (χ3v) is 3.64. The number of hydrogen-bond donors (Lipinski definition) is 1. The molecule has 1 aliphatic carbocycles. The van der Waals surface area contributed by atoms with Gasteiger partial charge in [0.1, 0.15) is 30.0 Å². The van der Waals surface area contributed by atoms with Crippen LogP contribution in [0.15, 0.2) is 0 Å². The molecule has 0 bridgehead atoms. The van der Waals surface area contributed by atoms with Gasteiger partial charge in [-0.25, -0.2) is 0 Å². The van der Waals surface area contributed by atoms with Crippen molar-refractivity contribution in [3.05, 3.63) is 0 Å². The number of ketones is 1. The van der Waals surface area contributed by atoms with Crippen molar-refractivity contribution in [3.63, 3.8) is 0 Å². The number of carbonyl (C=O) groups is 1. The van der Waals surface area contributed by atoms with Crippen LogP contribution >= 0.6 is 0 Å². The highest BCUT2D eigenvalue weighted by Gasteiger charge is 2.77. The fourth-order valence-corrected chi connectivity index (χ4v) is 2.86. The summed E-state index contributed by atoms with van der Waals surface area (Å²) in [6, 6.07) is 0. The maximum atomic E-state index is 11.5. The highest BCUT2D eigenvalue weighted by Crippen LogP contribution is 2.57. The molecule has 0 aromatic carbocycles. The Kier molecular flexibility index (Phi) is 1.13. The number of rotatable bonds is 0. The molecule has 5 unspecified atom stereocenters. The first kappa shape index (κ1) is 7.76. The van der Waals surface area contributed by atoms with E-state index >= 15 is 0 Å². The first-order valence-corrected chi connectivity index (χ1v) is 4.93. The highest BCUT2D eigenvalue weighted by atomic mass is 16.7. The Morgan fingerprint density at radius 2 is 1.93 bits per heavy atom. The molecule has 0 amide bonds. The van der Waals surface area contributed by atoms with Crippen molar-refractivity contribution >= 4 is 5.78 Å². The largest absolute Gasteiger partial charge is 0.368 e. The molecule has 0 aromatic rings. The minimum atomic E-state index is -0.724. The normalized spacial score (nSPS) is 63.8. The van der Waals surface area contributed by atoms with Crippen molar-refractivity contribution in [1.29, 1.82) is 0 Å². The smallest absolute Gasteiger partial charge is 0.195 e. The van der Waals surface area contributed by atoms with Gasteiger partial charge in [0.2, 0.25) is 0 Å². The lowest BCUT2D eigenvalue weighted by atomic mass is 9.82. The molecule has 3 saturated heterocycles. The zero-order valence-corrected chi connectivity index (χ0v) is 7.38. The number of Topliss-reactive ketones (excluding diaryl/α,β-unsaturated/α-hetero) is 1. The van der Waals surface area contributed by atoms with Crippen LogP contribution in [0.3, 0.4) is 0 Å². The first-order valence-electron chi connectivity index (χ1n) is 4.93. The minimum Gasteiger partial charge on any atom is -0.368 e. The van der Waals surface area contributed by atoms with E-state index in [2.05, 4.69) is 0 Å². The Morgan fingerprint density at radius 3 is 2.43 bits per heavy atom. The second-order valence-electron chi connectivity index (χ2n) is 4.42. The summed E-state index contributed by atoms with van der Waals surface area (Å²) in [5.41, 5.74) is -0.525. The van der Waals surface area contributed by atoms with Crippen molar-refractivity contribution < 1.29 is 24.1 Å². The Bertz CT molecular complexity index is 307. The van der Waals surface area contributed by atoms with Crippen molar-refractivity contribution in [3.8, 4) is 0 Å². The molecule has 4 aliphatic rings. The molecule has 5 atom stereocenters. The lowest BCUT2D eigenvalue weighted by molar-refractivity contribution is -0.154. The van der Waals surface area contributed by atoms with Gasteiger partial charge in [-0.15, -0.1) is 0 Å². The van der Waals surface area contributed by atoms with Gasteiger partial charge in [-0.05, 0) is 6.42 Å². The lowest BCUT2D eigenvalue weighted by Gasteiger charge is -2.26. The summed E-state index contributed by atoms with van der Waals surface area (Å²) >= 11 is 0.